The number of aryl methyl sites for hydroxylation is 3. The van der Waals surface area contributed by atoms with E-state index in [4.69, 9.17) is 0 Å². The molecular formula is C18H19N5OS. The Kier molecular flexibility index (Phi) is 5.14. The summed E-state index contributed by atoms with van der Waals surface area (Å²) in [6.45, 7) is 6.04. The number of amides is 1. The maximum Gasteiger partial charge on any atom is 0.234 e. The minimum Gasteiger partial charge on any atom is -0.325 e. The van der Waals surface area contributed by atoms with Crippen LogP contribution in [0.1, 0.15) is 16.7 Å². The Labute approximate surface area is 150 Å². The second kappa shape index (κ2) is 7.48. The third kappa shape index (κ3) is 4.06. The number of para-hydroxylation sites is 1. The van der Waals surface area contributed by atoms with Crippen LogP contribution in [-0.4, -0.2) is 31.9 Å². The van der Waals surface area contributed by atoms with Crippen molar-refractivity contribution in [2.75, 3.05) is 11.1 Å². The Balaban J connectivity index is 1.67. The molecule has 7 heteroatoms. The average molecular weight is 353 g/mol. The van der Waals surface area contributed by atoms with Gasteiger partial charge in [-0.3, -0.25) is 4.79 Å². The number of thioether (sulfide) groups is 1. The van der Waals surface area contributed by atoms with Gasteiger partial charge in [-0.05, 0) is 54.5 Å². The Morgan fingerprint density at radius 3 is 2.48 bits per heavy atom. The molecule has 1 N–H and O–H groups in total. The summed E-state index contributed by atoms with van der Waals surface area (Å²) in [5.74, 6) is 0.155. The second-order valence-corrected chi connectivity index (χ2v) is 6.76. The maximum atomic E-state index is 12.3. The van der Waals surface area contributed by atoms with Crippen LogP contribution in [0, 0.1) is 20.8 Å². The van der Waals surface area contributed by atoms with E-state index in [1.54, 1.807) is 4.68 Å². The van der Waals surface area contributed by atoms with E-state index in [0.717, 1.165) is 22.5 Å². The number of tetrazole rings is 1. The fraction of sp³-hybridized carbons (Fsp3) is 0.222. The van der Waals surface area contributed by atoms with Gasteiger partial charge in [-0.15, -0.1) is 5.10 Å². The SMILES string of the molecule is Cc1cc(C)c(NC(=O)CSc2nnnn2-c2ccccc2)c(C)c1. The third-order valence-electron chi connectivity index (χ3n) is 3.72. The number of carbonyl (C=O) groups is 1. The molecule has 0 bridgehead atoms. The van der Waals surface area contributed by atoms with Gasteiger partial charge in [0, 0.05) is 5.69 Å². The summed E-state index contributed by atoms with van der Waals surface area (Å²) in [5, 5.41) is 15.3. The van der Waals surface area contributed by atoms with Crippen LogP contribution >= 0.6 is 11.8 Å². The van der Waals surface area contributed by atoms with E-state index < -0.39 is 0 Å². The summed E-state index contributed by atoms with van der Waals surface area (Å²) >= 11 is 1.31. The summed E-state index contributed by atoms with van der Waals surface area (Å²) in [6.07, 6.45) is 0. The molecule has 0 saturated carbocycles. The first kappa shape index (κ1) is 17.2. The van der Waals surface area contributed by atoms with E-state index in [0.29, 0.717) is 5.16 Å². The molecule has 1 heterocycles. The molecule has 3 rings (SSSR count). The van der Waals surface area contributed by atoms with Crippen molar-refractivity contribution in [2.24, 2.45) is 0 Å². The number of rotatable bonds is 5. The number of carbonyl (C=O) groups excluding carboxylic acids is 1. The molecule has 0 unspecified atom stereocenters. The fourth-order valence-corrected chi connectivity index (χ4v) is 3.37. The molecule has 0 aliphatic rings. The third-order valence-corrected chi connectivity index (χ3v) is 4.63. The van der Waals surface area contributed by atoms with Crippen LogP contribution in [0.5, 0.6) is 0 Å². The highest BCUT2D eigenvalue weighted by Crippen LogP contribution is 2.23. The molecule has 0 aliphatic carbocycles. The van der Waals surface area contributed by atoms with Crippen LogP contribution in [0.25, 0.3) is 5.69 Å². The van der Waals surface area contributed by atoms with Gasteiger partial charge in [-0.2, -0.15) is 4.68 Å². The Morgan fingerprint density at radius 2 is 1.80 bits per heavy atom. The van der Waals surface area contributed by atoms with Crippen LogP contribution in [0.15, 0.2) is 47.6 Å². The largest absolute Gasteiger partial charge is 0.325 e. The van der Waals surface area contributed by atoms with Gasteiger partial charge in [0.1, 0.15) is 0 Å². The topological polar surface area (TPSA) is 72.7 Å². The van der Waals surface area contributed by atoms with E-state index in [9.17, 15) is 4.79 Å². The molecule has 6 nitrogen and oxygen atoms in total. The van der Waals surface area contributed by atoms with Crippen molar-refractivity contribution in [3.8, 4) is 5.69 Å². The van der Waals surface area contributed by atoms with Gasteiger partial charge in [-0.1, -0.05) is 47.7 Å². The molecule has 0 aliphatic heterocycles. The fourth-order valence-electron chi connectivity index (χ4n) is 2.68. The van der Waals surface area contributed by atoms with Gasteiger partial charge in [0.05, 0.1) is 11.4 Å². The zero-order valence-electron chi connectivity index (χ0n) is 14.4. The minimum atomic E-state index is -0.0809. The van der Waals surface area contributed by atoms with Crippen molar-refractivity contribution in [1.82, 2.24) is 20.2 Å². The van der Waals surface area contributed by atoms with Crippen molar-refractivity contribution in [3.63, 3.8) is 0 Å². The van der Waals surface area contributed by atoms with E-state index in [2.05, 4.69) is 33.0 Å². The van der Waals surface area contributed by atoms with Crippen molar-refractivity contribution in [1.29, 1.82) is 0 Å². The van der Waals surface area contributed by atoms with Crippen molar-refractivity contribution in [2.45, 2.75) is 25.9 Å². The van der Waals surface area contributed by atoms with Crippen LogP contribution in [0.2, 0.25) is 0 Å². The molecule has 0 radical (unpaired) electrons. The molecule has 2 aromatic carbocycles. The molecule has 1 aromatic heterocycles. The molecule has 128 valence electrons. The lowest BCUT2D eigenvalue weighted by Crippen LogP contribution is -2.16. The monoisotopic (exact) mass is 353 g/mol. The summed E-state index contributed by atoms with van der Waals surface area (Å²) in [7, 11) is 0. The van der Waals surface area contributed by atoms with Gasteiger partial charge in [0.15, 0.2) is 0 Å². The summed E-state index contributed by atoms with van der Waals surface area (Å²) < 4.78 is 1.63. The highest BCUT2D eigenvalue weighted by Gasteiger charge is 2.13. The van der Waals surface area contributed by atoms with E-state index in [-0.39, 0.29) is 11.7 Å². The number of aromatic nitrogens is 4. The zero-order chi connectivity index (χ0) is 17.8. The lowest BCUT2D eigenvalue weighted by Gasteiger charge is -2.12. The summed E-state index contributed by atoms with van der Waals surface area (Å²) in [5.41, 5.74) is 5.04. The molecule has 0 spiro atoms. The lowest BCUT2D eigenvalue weighted by molar-refractivity contribution is -0.113. The standard InChI is InChI=1S/C18H19N5OS/c1-12-9-13(2)17(14(3)10-12)19-16(24)11-25-18-20-21-22-23(18)15-7-5-4-6-8-15/h4-10H,11H2,1-3H3,(H,19,24). The predicted molar refractivity (Wildman–Crippen MR) is 99.2 cm³/mol. The number of nitrogens with zero attached hydrogens (tertiary/aromatic N) is 4. The molecule has 0 saturated heterocycles. The number of benzene rings is 2. The molecule has 0 fully saturated rings. The average Bonchev–Trinajstić information content (AvgIpc) is 3.05. The Bertz CT molecular complexity index is 868. The van der Waals surface area contributed by atoms with Gasteiger partial charge >= 0.3 is 0 Å². The first-order valence-corrected chi connectivity index (χ1v) is 8.87. The van der Waals surface area contributed by atoms with E-state index in [1.165, 1.54) is 17.3 Å². The quantitative estimate of drug-likeness (QED) is 0.713. The highest BCUT2D eigenvalue weighted by atomic mass is 32.2. The van der Waals surface area contributed by atoms with E-state index >= 15 is 0 Å². The number of anilines is 1. The van der Waals surface area contributed by atoms with Crippen LogP contribution in [-0.2, 0) is 4.79 Å². The van der Waals surface area contributed by atoms with E-state index in [1.807, 2.05) is 51.1 Å². The normalized spacial score (nSPS) is 10.7. The molecule has 0 atom stereocenters. The predicted octanol–water partition coefficient (Wildman–Crippen LogP) is 3.32. The summed E-state index contributed by atoms with van der Waals surface area (Å²) in [6, 6.07) is 13.7. The molecule has 3 aromatic rings. The Morgan fingerprint density at radius 1 is 1.12 bits per heavy atom. The van der Waals surface area contributed by atoms with Crippen molar-refractivity contribution < 1.29 is 4.79 Å². The van der Waals surface area contributed by atoms with Crippen LogP contribution in [0.3, 0.4) is 0 Å². The molecular weight excluding hydrogens is 334 g/mol. The second-order valence-electron chi connectivity index (χ2n) is 5.82. The van der Waals surface area contributed by atoms with Gasteiger partial charge in [-0.25, -0.2) is 0 Å². The van der Waals surface area contributed by atoms with Gasteiger partial charge in [0.2, 0.25) is 11.1 Å². The van der Waals surface area contributed by atoms with Crippen molar-refractivity contribution in [3.05, 3.63) is 59.2 Å². The number of hydrogen-bond acceptors (Lipinski definition) is 5. The number of hydrogen-bond donors (Lipinski definition) is 1. The highest BCUT2D eigenvalue weighted by molar-refractivity contribution is 7.99. The van der Waals surface area contributed by atoms with Gasteiger partial charge < -0.3 is 5.32 Å². The number of nitrogens with one attached hydrogen (secondary N) is 1. The van der Waals surface area contributed by atoms with Gasteiger partial charge in [0.25, 0.3) is 0 Å². The zero-order valence-corrected chi connectivity index (χ0v) is 15.2. The first-order valence-electron chi connectivity index (χ1n) is 7.89. The maximum absolute atomic E-state index is 12.3. The molecule has 1 amide bonds. The lowest BCUT2D eigenvalue weighted by atomic mass is 10.1. The minimum absolute atomic E-state index is 0.0809. The first-order chi connectivity index (χ1) is 12.0. The van der Waals surface area contributed by atoms with Crippen molar-refractivity contribution >= 4 is 23.4 Å². The summed E-state index contributed by atoms with van der Waals surface area (Å²) in [4.78, 5) is 12.3. The van der Waals surface area contributed by atoms with Crippen LogP contribution < -0.4 is 5.32 Å². The Hall–Kier alpha value is -2.67. The smallest absolute Gasteiger partial charge is 0.234 e. The van der Waals surface area contributed by atoms with Crippen LogP contribution in [0.4, 0.5) is 5.69 Å². The molecule has 25 heavy (non-hydrogen) atoms.